The fraction of sp³-hybridized carbons (Fsp3) is 0.167. The van der Waals surface area contributed by atoms with Crippen LogP contribution in [0.2, 0.25) is 0 Å². The molecule has 0 bridgehead atoms. The summed E-state index contributed by atoms with van der Waals surface area (Å²) in [7, 11) is 0. The van der Waals surface area contributed by atoms with Crippen LogP contribution in [-0.4, -0.2) is 6.61 Å². The molecule has 68 valence electrons. The molecule has 0 saturated heterocycles. The van der Waals surface area contributed by atoms with Gasteiger partial charge in [0.2, 0.25) is 0 Å². The second-order valence-corrected chi connectivity index (χ2v) is 2.85. The quantitative estimate of drug-likeness (QED) is 0.637. The van der Waals surface area contributed by atoms with E-state index in [1.54, 1.807) is 6.08 Å². The molecule has 1 aromatic rings. The maximum Gasteiger partial charge on any atom is 0.119 e. The van der Waals surface area contributed by atoms with Crippen LogP contribution in [0, 0.1) is 0 Å². The van der Waals surface area contributed by atoms with Crippen LogP contribution in [-0.2, 0) is 0 Å². The minimum Gasteiger partial charge on any atom is -0.489 e. The Labute approximate surface area is 79.4 Å². The molecule has 0 fully saturated rings. The van der Waals surface area contributed by atoms with Gasteiger partial charge in [-0.15, -0.1) is 0 Å². The maximum absolute atomic E-state index is 5.50. The molecule has 13 heavy (non-hydrogen) atoms. The lowest BCUT2D eigenvalue weighted by molar-refractivity contribution is 0.352. The van der Waals surface area contributed by atoms with Crippen molar-refractivity contribution in [3.63, 3.8) is 0 Å². The molecule has 1 heteroatoms. The summed E-state index contributed by atoms with van der Waals surface area (Å²) >= 11 is 0. The highest BCUT2D eigenvalue weighted by Gasteiger charge is 1.91. The smallest absolute Gasteiger partial charge is 0.119 e. The third kappa shape index (κ3) is 3.61. The van der Waals surface area contributed by atoms with Gasteiger partial charge in [-0.25, -0.2) is 0 Å². The Morgan fingerprint density at radius 1 is 1.38 bits per heavy atom. The molecule has 1 rings (SSSR count). The molecule has 0 amide bonds. The topological polar surface area (TPSA) is 9.23 Å². The van der Waals surface area contributed by atoms with Crippen molar-refractivity contribution < 1.29 is 4.74 Å². The molecule has 1 nitrogen and oxygen atoms in total. The van der Waals surface area contributed by atoms with Crippen LogP contribution in [0.15, 0.2) is 54.6 Å². The Morgan fingerprint density at radius 3 is 2.69 bits per heavy atom. The highest BCUT2D eigenvalue weighted by Crippen LogP contribution is 2.09. The van der Waals surface area contributed by atoms with Crippen LogP contribution in [0.3, 0.4) is 0 Å². The van der Waals surface area contributed by atoms with E-state index in [2.05, 4.69) is 6.58 Å². The average Bonchev–Trinajstić information content (AvgIpc) is 2.17. The summed E-state index contributed by atoms with van der Waals surface area (Å²) in [5.41, 5.74) is 1.17. The Bertz CT molecular complexity index is 285. The zero-order valence-electron chi connectivity index (χ0n) is 7.86. The van der Waals surface area contributed by atoms with Gasteiger partial charge >= 0.3 is 0 Å². The SMILES string of the molecule is C=C/C=C(\C)COc1ccccc1. The Kier molecular flexibility index (Phi) is 3.83. The van der Waals surface area contributed by atoms with Gasteiger partial charge in [0.1, 0.15) is 12.4 Å². The van der Waals surface area contributed by atoms with Crippen molar-refractivity contribution >= 4 is 0 Å². The average molecular weight is 174 g/mol. The molecule has 0 aliphatic heterocycles. The molecule has 0 unspecified atom stereocenters. The Balaban J connectivity index is 2.44. The van der Waals surface area contributed by atoms with Gasteiger partial charge < -0.3 is 4.74 Å². The van der Waals surface area contributed by atoms with Crippen LogP contribution in [0.25, 0.3) is 0 Å². The van der Waals surface area contributed by atoms with E-state index in [-0.39, 0.29) is 0 Å². The summed E-state index contributed by atoms with van der Waals surface area (Å²) in [6.45, 7) is 6.26. The van der Waals surface area contributed by atoms with Crippen molar-refractivity contribution in [1.82, 2.24) is 0 Å². The molecule has 0 atom stereocenters. The first-order valence-electron chi connectivity index (χ1n) is 4.29. The van der Waals surface area contributed by atoms with Crippen LogP contribution in [0.4, 0.5) is 0 Å². The minimum absolute atomic E-state index is 0.621. The summed E-state index contributed by atoms with van der Waals surface area (Å²) in [5.74, 6) is 0.902. The van der Waals surface area contributed by atoms with E-state index < -0.39 is 0 Å². The fourth-order valence-electron chi connectivity index (χ4n) is 0.963. The summed E-state index contributed by atoms with van der Waals surface area (Å²) in [6.07, 6.45) is 3.71. The second kappa shape index (κ2) is 5.20. The zero-order chi connectivity index (χ0) is 9.52. The van der Waals surface area contributed by atoms with Crippen LogP contribution >= 0.6 is 0 Å². The Hall–Kier alpha value is -1.50. The van der Waals surface area contributed by atoms with Crippen LogP contribution in [0.1, 0.15) is 6.92 Å². The first-order valence-corrected chi connectivity index (χ1v) is 4.29. The van der Waals surface area contributed by atoms with Crippen molar-refractivity contribution in [2.75, 3.05) is 6.61 Å². The third-order valence-corrected chi connectivity index (χ3v) is 1.61. The molecule has 0 N–H and O–H groups in total. The predicted molar refractivity (Wildman–Crippen MR) is 55.9 cm³/mol. The number of ether oxygens (including phenoxy) is 1. The molecule has 0 radical (unpaired) electrons. The monoisotopic (exact) mass is 174 g/mol. The molecule has 0 aliphatic carbocycles. The molecule has 0 spiro atoms. The number of para-hydroxylation sites is 1. The summed E-state index contributed by atoms with van der Waals surface area (Å²) < 4.78 is 5.50. The van der Waals surface area contributed by atoms with E-state index in [1.807, 2.05) is 43.3 Å². The van der Waals surface area contributed by atoms with Crippen molar-refractivity contribution in [1.29, 1.82) is 0 Å². The van der Waals surface area contributed by atoms with Crippen molar-refractivity contribution in [2.45, 2.75) is 6.92 Å². The summed E-state index contributed by atoms with van der Waals surface area (Å²) in [6, 6.07) is 9.78. The van der Waals surface area contributed by atoms with E-state index in [0.29, 0.717) is 6.61 Å². The highest BCUT2D eigenvalue weighted by atomic mass is 16.5. The van der Waals surface area contributed by atoms with Crippen LogP contribution in [0.5, 0.6) is 5.75 Å². The Morgan fingerprint density at radius 2 is 2.08 bits per heavy atom. The minimum atomic E-state index is 0.621. The van der Waals surface area contributed by atoms with E-state index in [9.17, 15) is 0 Å². The van der Waals surface area contributed by atoms with Gasteiger partial charge in [0, 0.05) is 0 Å². The number of hydrogen-bond donors (Lipinski definition) is 0. The van der Waals surface area contributed by atoms with Gasteiger partial charge in [0.25, 0.3) is 0 Å². The molecule has 0 aromatic heterocycles. The van der Waals surface area contributed by atoms with E-state index in [0.717, 1.165) is 5.75 Å². The van der Waals surface area contributed by atoms with Gasteiger partial charge in [-0.05, 0) is 24.6 Å². The normalized spacial score (nSPS) is 11.0. The molecular formula is C12H14O. The van der Waals surface area contributed by atoms with E-state index in [1.165, 1.54) is 5.57 Å². The first-order chi connectivity index (χ1) is 6.33. The largest absolute Gasteiger partial charge is 0.489 e. The maximum atomic E-state index is 5.50. The van der Waals surface area contributed by atoms with Crippen molar-refractivity contribution in [3.8, 4) is 5.75 Å². The second-order valence-electron chi connectivity index (χ2n) is 2.85. The van der Waals surface area contributed by atoms with Gasteiger partial charge in [-0.1, -0.05) is 36.9 Å². The van der Waals surface area contributed by atoms with E-state index >= 15 is 0 Å². The van der Waals surface area contributed by atoms with Crippen LogP contribution < -0.4 is 4.74 Å². The standard InChI is InChI=1S/C12H14O/c1-3-7-11(2)10-13-12-8-5-4-6-9-12/h3-9H,1,10H2,2H3/b11-7+. The molecule has 0 aliphatic rings. The molecule has 0 saturated carbocycles. The van der Waals surface area contributed by atoms with Gasteiger partial charge in [0.05, 0.1) is 0 Å². The number of benzene rings is 1. The molecule has 1 aromatic carbocycles. The third-order valence-electron chi connectivity index (χ3n) is 1.61. The van der Waals surface area contributed by atoms with Crippen molar-refractivity contribution in [3.05, 3.63) is 54.6 Å². The lowest BCUT2D eigenvalue weighted by Gasteiger charge is -2.04. The van der Waals surface area contributed by atoms with Gasteiger partial charge in [0.15, 0.2) is 0 Å². The number of allylic oxidation sites excluding steroid dienone is 2. The number of hydrogen-bond acceptors (Lipinski definition) is 1. The molecule has 0 heterocycles. The zero-order valence-corrected chi connectivity index (χ0v) is 7.86. The van der Waals surface area contributed by atoms with Gasteiger partial charge in [-0.3, -0.25) is 0 Å². The lowest BCUT2D eigenvalue weighted by Crippen LogP contribution is -1.97. The van der Waals surface area contributed by atoms with E-state index in [4.69, 9.17) is 4.74 Å². The molecular weight excluding hydrogens is 160 g/mol. The van der Waals surface area contributed by atoms with Crippen molar-refractivity contribution in [2.24, 2.45) is 0 Å². The first kappa shape index (κ1) is 9.59. The predicted octanol–water partition coefficient (Wildman–Crippen LogP) is 3.20. The number of rotatable bonds is 4. The van der Waals surface area contributed by atoms with Gasteiger partial charge in [-0.2, -0.15) is 0 Å². The lowest BCUT2D eigenvalue weighted by atomic mass is 10.3. The highest BCUT2D eigenvalue weighted by molar-refractivity contribution is 5.22. The fourth-order valence-corrected chi connectivity index (χ4v) is 0.963. The summed E-state index contributed by atoms with van der Waals surface area (Å²) in [4.78, 5) is 0. The summed E-state index contributed by atoms with van der Waals surface area (Å²) in [5, 5.41) is 0.